The topological polar surface area (TPSA) is 0 Å². The number of rotatable bonds is 4. The normalized spacial score (nSPS) is 10.6. The number of benzene rings is 2. The summed E-state index contributed by atoms with van der Waals surface area (Å²) in [5.41, 5.74) is 3.59. The second-order valence-corrected chi connectivity index (χ2v) is 3.99. The molecule has 0 aromatic heterocycles. The van der Waals surface area contributed by atoms with E-state index in [1.807, 2.05) is 36.4 Å². The summed E-state index contributed by atoms with van der Waals surface area (Å²) >= 11 is 0. The summed E-state index contributed by atoms with van der Waals surface area (Å²) in [5.74, 6) is 0. The largest absolute Gasteiger partial charge is 0.0949 e. The van der Waals surface area contributed by atoms with E-state index < -0.39 is 0 Å². The van der Waals surface area contributed by atoms with Crippen LogP contribution < -0.4 is 0 Å². The van der Waals surface area contributed by atoms with Crippen LogP contribution in [0, 0.1) is 0 Å². The smallest absolute Gasteiger partial charge is 0.00941 e. The molecule has 0 N–H and O–H groups in total. The van der Waals surface area contributed by atoms with Crippen LogP contribution >= 0.6 is 0 Å². The Morgan fingerprint density at radius 3 is 2.12 bits per heavy atom. The zero-order valence-corrected chi connectivity index (χ0v) is 9.84. The predicted molar refractivity (Wildman–Crippen MR) is 75.6 cm³/mol. The molecular weight excluding hydrogens is 204 g/mol. The SMILES string of the molecule is C=C(CC=Cc1ccccc1)c1ccccc1. The molecule has 0 heterocycles. The van der Waals surface area contributed by atoms with Crippen molar-refractivity contribution < 1.29 is 0 Å². The Hall–Kier alpha value is -2.08. The molecule has 0 bridgehead atoms. The molecule has 0 aliphatic rings. The molecule has 0 nitrogen and oxygen atoms in total. The summed E-state index contributed by atoms with van der Waals surface area (Å²) in [7, 11) is 0. The number of hydrogen-bond donors (Lipinski definition) is 0. The van der Waals surface area contributed by atoms with E-state index in [4.69, 9.17) is 0 Å². The van der Waals surface area contributed by atoms with Gasteiger partial charge >= 0.3 is 0 Å². The Kier molecular flexibility index (Phi) is 3.93. The van der Waals surface area contributed by atoms with Gasteiger partial charge in [0, 0.05) is 0 Å². The van der Waals surface area contributed by atoms with Crippen LogP contribution in [0.25, 0.3) is 11.6 Å². The highest BCUT2D eigenvalue weighted by atomic mass is 14.0. The van der Waals surface area contributed by atoms with E-state index in [-0.39, 0.29) is 0 Å². The van der Waals surface area contributed by atoms with Crippen LogP contribution in [-0.2, 0) is 0 Å². The van der Waals surface area contributed by atoms with Crippen molar-refractivity contribution in [1.29, 1.82) is 0 Å². The minimum atomic E-state index is 0.888. The molecule has 0 fully saturated rings. The van der Waals surface area contributed by atoms with Gasteiger partial charge in [0.05, 0.1) is 0 Å². The van der Waals surface area contributed by atoms with E-state index in [0.717, 1.165) is 12.0 Å². The minimum Gasteiger partial charge on any atom is -0.0949 e. The highest BCUT2D eigenvalue weighted by molar-refractivity contribution is 5.65. The lowest BCUT2D eigenvalue weighted by Crippen LogP contribution is -1.79. The molecule has 0 heteroatoms. The predicted octanol–water partition coefficient (Wildman–Crippen LogP) is 4.80. The average Bonchev–Trinajstić information content (AvgIpc) is 2.41. The molecule has 84 valence electrons. The molecule has 2 rings (SSSR count). The van der Waals surface area contributed by atoms with Crippen LogP contribution in [-0.4, -0.2) is 0 Å². The van der Waals surface area contributed by atoms with Gasteiger partial charge in [0.25, 0.3) is 0 Å². The van der Waals surface area contributed by atoms with Gasteiger partial charge in [0.15, 0.2) is 0 Å². The van der Waals surface area contributed by atoms with Crippen LogP contribution in [0.1, 0.15) is 17.5 Å². The highest BCUT2D eigenvalue weighted by Gasteiger charge is 1.94. The Morgan fingerprint density at radius 2 is 1.47 bits per heavy atom. The van der Waals surface area contributed by atoms with Gasteiger partial charge in [0.1, 0.15) is 0 Å². The molecule has 0 radical (unpaired) electrons. The van der Waals surface area contributed by atoms with Crippen LogP contribution in [0.2, 0.25) is 0 Å². The molecule has 0 aliphatic carbocycles. The summed E-state index contributed by atoms with van der Waals surface area (Å²) in [6, 6.07) is 20.6. The third-order valence-electron chi connectivity index (χ3n) is 2.66. The average molecular weight is 220 g/mol. The minimum absolute atomic E-state index is 0.888. The lowest BCUT2D eigenvalue weighted by molar-refractivity contribution is 1.41. The van der Waals surface area contributed by atoms with Gasteiger partial charge < -0.3 is 0 Å². The summed E-state index contributed by atoms with van der Waals surface area (Å²) in [4.78, 5) is 0. The maximum absolute atomic E-state index is 4.10. The highest BCUT2D eigenvalue weighted by Crippen LogP contribution is 2.16. The molecule has 2 aromatic rings. The van der Waals surface area contributed by atoms with Gasteiger partial charge in [-0.3, -0.25) is 0 Å². The fourth-order valence-corrected chi connectivity index (χ4v) is 1.69. The monoisotopic (exact) mass is 220 g/mol. The third kappa shape index (κ3) is 3.46. The first-order chi connectivity index (χ1) is 8.36. The van der Waals surface area contributed by atoms with E-state index in [1.165, 1.54) is 11.1 Å². The molecule has 0 amide bonds. The van der Waals surface area contributed by atoms with Gasteiger partial charge in [-0.1, -0.05) is 79.4 Å². The van der Waals surface area contributed by atoms with Crippen molar-refractivity contribution >= 4 is 11.6 Å². The third-order valence-corrected chi connectivity index (χ3v) is 2.66. The van der Waals surface area contributed by atoms with Crippen molar-refractivity contribution in [3.63, 3.8) is 0 Å². The zero-order valence-electron chi connectivity index (χ0n) is 9.84. The van der Waals surface area contributed by atoms with E-state index in [1.54, 1.807) is 0 Å². The summed E-state index contributed by atoms with van der Waals surface area (Å²) in [5, 5.41) is 0. The maximum atomic E-state index is 4.10. The molecule has 0 saturated carbocycles. The van der Waals surface area contributed by atoms with Crippen LogP contribution in [0.15, 0.2) is 73.3 Å². The number of allylic oxidation sites excluding steroid dienone is 2. The molecular formula is C17H16. The molecule has 0 atom stereocenters. The van der Waals surface area contributed by atoms with Crippen LogP contribution in [0.4, 0.5) is 0 Å². The van der Waals surface area contributed by atoms with Crippen LogP contribution in [0.3, 0.4) is 0 Å². The fraction of sp³-hybridized carbons (Fsp3) is 0.0588. The Balaban J connectivity index is 1.95. The lowest BCUT2D eigenvalue weighted by atomic mass is 10.0. The van der Waals surface area contributed by atoms with Gasteiger partial charge in [-0.25, -0.2) is 0 Å². The fourth-order valence-electron chi connectivity index (χ4n) is 1.69. The summed E-state index contributed by atoms with van der Waals surface area (Å²) in [6.07, 6.45) is 5.18. The van der Waals surface area contributed by atoms with Crippen molar-refractivity contribution in [2.45, 2.75) is 6.42 Å². The molecule has 0 spiro atoms. The standard InChI is InChI=1S/C17H16/c1-15(17-13-6-3-7-14-17)9-8-12-16-10-4-2-5-11-16/h2-8,10-14H,1,9H2. The Morgan fingerprint density at radius 1 is 0.882 bits per heavy atom. The molecule has 2 aromatic carbocycles. The van der Waals surface area contributed by atoms with Gasteiger partial charge in [-0.2, -0.15) is 0 Å². The lowest BCUT2D eigenvalue weighted by Gasteiger charge is -2.01. The summed E-state index contributed by atoms with van der Waals surface area (Å²) < 4.78 is 0. The van der Waals surface area contributed by atoms with E-state index in [2.05, 4.69) is 43.0 Å². The van der Waals surface area contributed by atoms with Crippen molar-refractivity contribution in [2.75, 3.05) is 0 Å². The molecule has 0 unspecified atom stereocenters. The first kappa shape index (κ1) is 11.4. The second-order valence-electron chi connectivity index (χ2n) is 3.99. The maximum Gasteiger partial charge on any atom is -0.00941 e. The Bertz CT molecular complexity index is 492. The first-order valence-electron chi connectivity index (χ1n) is 5.81. The van der Waals surface area contributed by atoms with Gasteiger partial charge in [-0.15, -0.1) is 0 Å². The summed E-state index contributed by atoms with van der Waals surface area (Å²) in [6.45, 7) is 4.10. The second kappa shape index (κ2) is 5.86. The van der Waals surface area contributed by atoms with E-state index in [9.17, 15) is 0 Å². The van der Waals surface area contributed by atoms with Crippen LogP contribution in [0.5, 0.6) is 0 Å². The van der Waals surface area contributed by atoms with E-state index in [0.29, 0.717) is 0 Å². The van der Waals surface area contributed by atoms with Crippen molar-refractivity contribution in [1.82, 2.24) is 0 Å². The number of hydrogen-bond acceptors (Lipinski definition) is 0. The first-order valence-corrected chi connectivity index (χ1v) is 5.81. The quantitative estimate of drug-likeness (QED) is 0.694. The zero-order chi connectivity index (χ0) is 11.9. The van der Waals surface area contributed by atoms with Gasteiger partial charge in [-0.05, 0) is 23.1 Å². The molecule has 17 heavy (non-hydrogen) atoms. The molecule has 0 saturated heterocycles. The Labute approximate surface area is 103 Å². The van der Waals surface area contributed by atoms with Gasteiger partial charge in [0.2, 0.25) is 0 Å². The van der Waals surface area contributed by atoms with Crippen molar-refractivity contribution in [3.05, 3.63) is 84.4 Å². The molecule has 0 aliphatic heterocycles. The van der Waals surface area contributed by atoms with Crippen molar-refractivity contribution in [3.8, 4) is 0 Å². The van der Waals surface area contributed by atoms with Crippen molar-refractivity contribution in [2.24, 2.45) is 0 Å². The van der Waals surface area contributed by atoms with E-state index >= 15 is 0 Å².